The van der Waals surface area contributed by atoms with Gasteiger partial charge < -0.3 is 14.5 Å². The molecule has 2 aromatic carbocycles. The van der Waals surface area contributed by atoms with Crippen molar-refractivity contribution >= 4 is 54.4 Å². The minimum Gasteiger partial charge on any atom is -0.461 e. The SMILES string of the molecule is CCOC(=O)C(=O)Cc1ccc(S(=O)(=O)N2CCC(C)CC2)cc1[N+](=O)[O-].CCOC(=O)c1cc2ccc(S(=O)(=O)N3CCC(C)CC3)cc2[nH]1. The summed E-state index contributed by atoms with van der Waals surface area (Å²) in [5.41, 5.74) is 0.390. The van der Waals surface area contributed by atoms with E-state index in [4.69, 9.17) is 4.74 Å². The fourth-order valence-electron chi connectivity index (χ4n) is 5.81. The molecule has 0 spiro atoms. The van der Waals surface area contributed by atoms with Crippen LogP contribution in [-0.2, 0) is 45.5 Å². The number of rotatable bonds is 11. The second kappa shape index (κ2) is 16.9. The van der Waals surface area contributed by atoms with Gasteiger partial charge in [-0.25, -0.2) is 26.4 Å². The number of aromatic amines is 1. The van der Waals surface area contributed by atoms with E-state index in [-0.39, 0.29) is 22.0 Å². The fourth-order valence-corrected chi connectivity index (χ4v) is 8.80. The maximum atomic E-state index is 12.8. The van der Waals surface area contributed by atoms with Gasteiger partial charge in [0.2, 0.25) is 25.8 Å². The van der Waals surface area contributed by atoms with Crippen molar-refractivity contribution in [3.63, 3.8) is 0 Å². The van der Waals surface area contributed by atoms with Gasteiger partial charge in [0.15, 0.2) is 0 Å². The Balaban J connectivity index is 0.000000230. The number of nitrogens with one attached hydrogen (secondary N) is 1. The van der Waals surface area contributed by atoms with Gasteiger partial charge in [-0.2, -0.15) is 8.61 Å². The van der Waals surface area contributed by atoms with Crippen molar-refractivity contribution in [2.75, 3.05) is 39.4 Å². The first kappa shape index (κ1) is 39.6. The van der Waals surface area contributed by atoms with Crippen LogP contribution in [0.15, 0.2) is 52.3 Å². The highest BCUT2D eigenvalue weighted by Gasteiger charge is 2.31. The molecule has 0 unspecified atom stereocenters. The van der Waals surface area contributed by atoms with Gasteiger partial charge in [-0.05, 0) is 75.6 Å². The molecule has 2 aliphatic heterocycles. The average Bonchev–Trinajstić information content (AvgIpc) is 3.53. The second-order valence-electron chi connectivity index (χ2n) is 12.7. The predicted molar refractivity (Wildman–Crippen MR) is 187 cm³/mol. The van der Waals surface area contributed by atoms with Crippen LogP contribution in [0.3, 0.4) is 0 Å². The molecule has 0 aliphatic carbocycles. The Morgan fingerprint density at radius 2 is 1.31 bits per heavy atom. The highest BCUT2D eigenvalue weighted by molar-refractivity contribution is 7.89. The van der Waals surface area contributed by atoms with Crippen LogP contribution in [0.5, 0.6) is 0 Å². The van der Waals surface area contributed by atoms with Gasteiger partial charge in [-0.3, -0.25) is 14.9 Å². The summed E-state index contributed by atoms with van der Waals surface area (Å²) in [5.74, 6) is -1.45. The molecule has 3 heterocycles. The molecule has 0 bridgehead atoms. The second-order valence-corrected chi connectivity index (χ2v) is 16.6. The Kier molecular flexibility index (Phi) is 13.1. The first-order valence-electron chi connectivity index (χ1n) is 16.9. The molecule has 1 N–H and O–H groups in total. The molecule has 5 rings (SSSR count). The van der Waals surface area contributed by atoms with Crippen LogP contribution in [0.1, 0.15) is 69.4 Å². The van der Waals surface area contributed by atoms with Crippen LogP contribution in [0.25, 0.3) is 10.9 Å². The van der Waals surface area contributed by atoms with Crippen molar-refractivity contribution < 1.29 is 45.6 Å². The summed E-state index contributed by atoms with van der Waals surface area (Å²) in [7, 11) is -7.36. The molecule has 0 saturated carbocycles. The number of hydrogen-bond donors (Lipinski definition) is 1. The number of nitro benzene ring substituents is 1. The van der Waals surface area contributed by atoms with E-state index < -0.39 is 54.8 Å². The Morgan fingerprint density at radius 1 is 0.804 bits per heavy atom. The van der Waals surface area contributed by atoms with Crippen molar-refractivity contribution in [1.82, 2.24) is 13.6 Å². The summed E-state index contributed by atoms with van der Waals surface area (Å²) in [6.07, 6.45) is 2.70. The molecular weight excluding hydrogens is 705 g/mol. The topological polar surface area (TPSA) is 203 Å². The number of ether oxygens (including phenoxy) is 2. The van der Waals surface area contributed by atoms with E-state index in [1.807, 2.05) is 6.92 Å². The van der Waals surface area contributed by atoms with Crippen LogP contribution in [0.4, 0.5) is 5.69 Å². The van der Waals surface area contributed by atoms with E-state index in [1.165, 1.54) is 23.4 Å². The van der Waals surface area contributed by atoms with Crippen molar-refractivity contribution in [2.45, 2.75) is 69.6 Å². The summed E-state index contributed by atoms with van der Waals surface area (Å²) < 4.78 is 63.5. The number of hydrogen-bond acceptors (Lipinski definition) is 11. The number of Topliss-reactive ketones (excluding diaryl/α,β-unsaturated/α-hetero) is 1. The van der Waals surface area contributed by atoms with Gasteiger partial charge in [0, 0.05) is 55.1 Å². The number of carbonyl (C=O) groups excluding carboxylic acids is 3. The van der Waals surface area contributed by atoms with Crippen LogP contribution in [0, 0.1) is 22.0 Å². The quantitative estimate of drug-likeness (QED) is 0.126. The maximum Gasteiger partial charge on any atom is 0.374 e. The molecule has 51 heavy (non-hydrogen) atoms. The van der Waals surface area contributed by atoms with Crippen LogP contribution in [-0.4, -0.2) is 92.5 Å². The Hall–Kier alpha value is -4.19. The van der Waals surface area contributed by atoms with E-state index in [9.17, 15) is 41.3 Å². The van der Waals surface area contributed by atoms with Crippen molar-refractivity contribution in [3.05, 3.63) is 63.8 Å². The summed E-state index contributed by atoms with van der Waals surface area (Å²) >= 11 is 0. The third-order valence-corrected chi connectivity index (χ3v) is 12.7. The van der Waals surface area contributed by atoms with Crippen LogP contribution < -0.4 is 0 Å². The molecule has 0 amide bonds. The number of piperidine rings is 2. The molecule has 17 heteroatoms. The number of esters is 2. The zero-order chi connectivity index (χ0) is 37.5. The van der Waals surface area contributed by atoms with Crippen molar-refractivity contribution in [3.8, 4) is 0 Å². The lowest BCUT2D eigenvalue weighted by Gasteiger charge is -2.29. The summed E-state index contributed by atoms with van der Waals surface area (Å²) in [6, 6.07) is 9.95. The molecule has 2 saturated heterocycles. The highest BCUT2D eigenvalue weighted by Crippen LogP contribution is 2.29. The average molecular weight is 749 g/mol. The zero-order valence-electron chi connectivity index (χ0n) is 29.1. The third kappa shape index (κ3) is 9.58. The number of nitrogens with zero attached hydrogens (tertiary/aromatic N) is 3. The zero-order valence-corrected chi connectivity index (χ0v) is 30.8. The first-order valence-corrected chi connectivity index (χ1v) is 19.7. The largest absolute Gasteiger partial charge is 0.461 e. The number of carbonyl (C=O) groups is 3. The van der Waals surface area contributed by atoms with Gasteiger partial charge in [0.25, 0.3) is 5.69 Å². The van der Waals surface area contributed by atoms with E-state index >= 15 is 0 Å². The molecule has 2 fully saturated rings. The Labute approximate surface area is 297 Å². The fraction of sp³-hybridized carbons (Fsp3) is 0.500. The van der Waals surface area contributed by atoms with E-state index in [0.29, 0.717) is 55.8 Å². The minimum atomic E-state index is -3.86. The third-order valence-electron chi connectivity index (χ3n) is 8.96. The van der Waals surface area contributed by atoms with E-state index in [1.54, 1.807) is 35.5 Å². The van der Waals surface area contributed by atoms with E-state index in [2.05, 4.69) is 16.6 Å². The smallest absolute Gasteiger partial charge is 0.374 e. The molecule has 2 aliphatic rings. The van der Waals surface area contributed by atoms with Gasteiger partial charge in [0.1, 0.15) is 5.69 Å². The van der Waals surface area contributed by atoms with Crippen molar-refractivity contribution in [2.24, 2.45) is 11.8 Å². The normalized spacial score (nSPS) is 16.6. The molecule has 1 aromatic heterocycles. The minimum absolute atomic E-state index is 0.0122. The molecule has 278 valence electrons. The number of fused-ring (bicyclic) bond motifs is 1. The van der Waals surface area contributed by atoms with Crippen LogP contribution >= 0.6 is 0 Å². The highest BCUT2D eigenvalue weighted by atomic mass is 32.2. The number of ketones is 1. The number of nitro groups is 1. The first-order chi connectivity index (χ1) is 24.1. The number of sulfonamides is 2. The number of benzene rings is 2. The lowest BCUT2D eigenvalue weighted by Crippen LogP contribution is -2.37. The van der Waals surface area contributed by atoms with Crippen molar-refractivity contribution in [1.29, 1.82) is 0 Å². The molecule has 0 atom stereocenters. The number of aromatic nitrogens is 1. The maximum absolute atomic E-state index is 12.8. The Bertz CT molecular complexity index is 1980. The predicted octanol–water partition coefficient (Wildman–Crippen LogP) is 4.46. The summed E-state index contributed by atoms with van der Waals surface area (Å²) in [4.78, 5) is 48.7. The van der Waals surface area contributed by atoms with Gasteiger partial charge in [-0.15, -0.1) is 0 Å². The molecular formula is C34H44N4O11S2. The van der Waals surface area contributed by atoms with E-state index in [0.717, 1.165) is 37.1 Å². The van der Waals surface area contributed by atoms with Gasteiger partial charge in [-0.1, -0.05) is 26.0 Å². The summed E-state index contributed by atoms with van der Waals surface area (Å²) in [6.45, 7) is 9.61. The summed E-state index contributed by atoms with van der Waals surface area (Å²) in [5, 5.41) is 12.1. The Morgan fingerprint density at radius 3 is 1.82 bits per heavy atom. The lowest BCUT2D eigenvalue weighted by atomic mass is 10.0. The van der Waals surface area contributed by atoms with Gasteiger partial charge >= 0.3 is 11.9 Å². The molecule has 0 radical (unpaired) electrons. The molecule has 3 aromatic rings. The number of H-pyrrole nitrogens is 1. The van der Waals surface area contributed by atoms with Crippen LogP contribution in [0.2, 0.25) is 0 Å². The van der Waals surface area contributed by atoms with Gasteiger partial charge in [0.05, 0.1) is 27.9 Å². The standard InChI is InChI=1S/C17H22N2O7S.C17H22N2O4S/c1-3-26-17(21)16(20)10-13-4-5-14(11-15(13)19(22)23)27(24,25)18-8-6-12(2)7-9-18;1-3-23-17(20)16-10-13-4-5-14(11-15(13)18-16)24(21,22)19-8-6-12(2)7-9-19/h4-5,11-12H,3,6-10H2,1-2H3;4-5,10-12,18H,3,6-9H2,1-2H3. The monoisotopic (exact) mass is 748 g/mol. The molecule has 15 nitrogen and oxygen atoms in total. The lowest BCUT2D eigenvalue weighted by molar-refractivity contribution is -0.385.